The lowest BCUT2D eigenvalue weighted by Gasteiger charge is -2.27. The van der Waals surface area contributed by atoms with Gasteiger partial charge in [-0.3, -0.25) is 0 Å². The molecule has 0 radical (unpaired) electrons. The third-order valence-corrected chi connectivity index (χ3v) is 14.4. The Balaban J connectivity index is 0.964. The molecule has 0 fully saturated rings. The van der Waals surface area contributed by atoms with Crippen LogP contribution in [0.15, 0.2) is 224 Å². The molecule has 15 aromatic rings. The first kappa shape index (κ1) is 38.8. The summed E-state index contributed by atoms with van der Waals surface area (Å²) in [6.45, 7) is 4.25. The normalized spacial score (nSPS) is 12.1. The zero-order chi connectivity index (χ0) is 46.2. The molecule has 15 rings (SSSR count). The van der Waals surface area contributed by atoms with Crippen LogP contribution in [0.5, 0.6) is 0 Å². The van der Waals surface area contributed by atoms with E-state index in [-0.39, 0.29) is 0 Å². The number of nitrogens with zero attached hydrogens (tertiary/aromatic N) is 2. The maximum atomic E-state index is 7.15. The molecule has 0 unspecified atom stereocenters. The number of aryl methyl sites for hydroxylation is 2. The Hall–Kier alpha value is -9.26. The van der Waals surface area contributed by atoms with Crippen LogP contribution < -0.4 is 9.80 Å². The van der Waals surface area contributed by atoms with E-state index in [9.17, 15) is 0 Å². The van der Waals surface area contributed by atoms with Crippen LogP contribution in [-0.2, 0) is 0 Å². The minimum atomic E-state index is 0.720. The van der Waals surface area contributed by atoms with Gasteiger partial charge in [0.25, 0.3) is 0 Å². The Morgan fingerprint density at radius 2 is 0.614 bits per heavy atom. The Labute approximate surface area is 400 Å². The number of hydrogen-bond acceptors (Lipinski definition) is 6. The van der Waals surface area contributed by atoms with Crippen molar-refractivity contribution in [2.45, 2.75) is 13.8 Å². The molecule has 0 spiro atoms. The summed E-state index contributed by atoms with van der Waals surface area (Å²) in [5, 5.41) is 12.8. The van der Waals surface area contributed by atoms with E-state index in [1.807, 2.05) is 24.3 Å². The highest BCUT2D eigenvalue weighted by atomic mass is 16.4. The number of para-hydroxylation sites is 2. The van der Waals surface area contributed by atoms with E-state index in [0.29, 0.717) is 0 Å². The average molecular weight is 901 g/mol. The zero-order valence-electron chi connectivity index (χ0n) is 38.2. The quantitative estimate of drug-likeness (QED) is 0.166. The molecule has 11 aromatic carbocycles. The van der Waals surface area contributed by atoms with Crippen molar-refractivity contribution in [1.29, 1.82) is 0 Å². The van der Waals surface area contributed by atoms with E-state index in [0.717, 1.165) is 143 Å². The summed E-state index contributed by atoms with van der Waals surface area (Å²) in [5.41, 5.74) is 15.0. The fraction of sp³-hybridized carbons (Fsp3) is 0.0312. The lowest BCUT2D eigenvalue weighted by molar-refractivity contribution is 0.633. The van der Waals surface area contributed by atoms with Crippen molar-refractivity contribution in [2.75, 3.05) is 9.80 Å². The molecule has 6 heteroatoms. The minimum absolute atomic E-state index is 0.720. The molecule has 0 aliphatic heterocycles. The minimum Gasteiger partial charge on any atom is -0.456 e. The van der Waals surface area contributed by atoms with Crippen LogP contribution in [0.2, 0.25) is 0 Å². The summed E-state index contributed by atoms with van der Waals surface area (Å²) < 4.78 is 26.9. The maximum Gasteiger partial charge on any atom is 0.178 e. The molecule has 0 bridgehead atoms. The van der Waals surface area contributed by atoms with Crippen LogP contribution in [-0.4, -0.2) is 0 Å². The van der Waals surface area contributed by atoms with Crippen molar-refractivity contribution < 1.29 is 17.7 Å². The van der Waals surface area contributed by atoms with Gasteiger partial charge in [-0.2, -0.15) is 0 Å². The van der Waals surface area contributed by atoms with Crippen molar-refractivity contribution in [3.05, 3.63) is 217 Å². The third kappa shape index (κ3) is 5.68. The fourth-order valence-corrected chi connectivity index (χ4v) is 11.1. The summed E-state index contributed by atoms with van der Waals surface area (Å²) in [5.74, 6) is 0. The lowest BCUT2D eigenvalue weighted by atomic mass is 9.98. The summed E-state index contributed by atoms with van der Waals surface area (Å²) in [6.07, 6.45) is 0. The van der Waals surface area contributed by atoms with E-state index in [1.165, 1.54) is 11.1 Å². The van der Waals surface area contributed by atoms with E-state index < -0.39 is 0 Å². The van der Waals surface area contributed by atoms with Gasteiger partial charge in [-0.05, 0) is 110 Å². The highest BCUT2D eigenvalue weighted by Gasteiger charge is 2.26. The molecule has 0 N–H and O–H groups in total. The molecule has 4 heterocycles. The first-order valence-electron chi connectivity index (χ1n) is 23.7. The molecule has 330 valence electrons. The highest BCUT2D eigenvalue weighted by molar-refractivity contribution is 6.30. The second-order valence-corrected chi connectivity index (χ2v) is 18.6. The monoisotopic (exact) mass is 900 g/mol. The molecule has 0 saturated carbocycles. The largest absolute Gasteiger partial charge is 0.456 e. The van der Waals surface area contributed by atoms with Gasteiger partial charge in [0.05, 0.1) is 11.4 Å². The van der Waals surface area contributed by atoms with Crippen molar-refractivity contribution in [3.63, 3.8) is 0 Å². The predicted octanol–water partition coefficient (Wildman–Crippen LogP) is 19.1. The topological polar surface area (TPSA) is 59.0 Å². The molecule has 6 nitrogen and oxygen atoms in total. The summed E-state index contributed by atoms with van der Waals surface area (Å²) in [4.78, 5) is 4.68. The molecule has 0 aliphatic carbocycles. The Morgan fingerprint density at radius 1 is 0.257 bits per heavy atom. The summed E-state index contributed by atoms with van der Waals surface area (Å²) in [7, 11) is 0. The Bertz CT molecular complexity index is 4330. The van der Waals surface area contributed by atoms with E-state index in [1.54, 1.807) is 0 Å². The van der Waals surface area contributed by atoms with E-state index in [2.05, 4.69) is 206 Å². The number of anilines is 6. The molecular weight excluding hydrogens is 861 g/mol. The molecule has 0 atom stereocenters. The van der Waals surface area contributed by atoms with Crippen LogP contribution in [0.4, 0.5) is 34.1 Å². The van der Waals surface area contributed by atoms with Gasteiger partial charge in [-0.15, -0.1) is 0 Å². The predicted molar refractivity (Wildman–Crippen MR) is 289 cm³/mol. The van der Waals surface area contributed by atoms with Crippen LogP contribution >= 0.6 is 0 Å². The number of rotatable bonds is 6. The van der Waals surface area contributed by atoms with Crippen molar-refractivity contribution in [3.8, 4) is 0 Å². The van der Waals surface area contributed by atoms with E-state index >= 15 is 0 Å². The smallest absolute Gasteiger partial charge is 0.178 e. The summed E-state index contributed by atoms with van der Waals surface area (Å²) >= 11 is 0. The van der Waals surface area contributed by atoms with Crippen LogP contribution in [0.1, 0.15) is 11.1 Å². The lowest BCUT2D eigenvalue weighted by Crippen LogP contribution is -2.10. The van der Waals surface area contributed by atoms with Gasteiger partial charge >= 0.3 is 0 Å². The van der Waals surface area contributed by atoms with Crippen LogP contribution in [0.3, 0.4) is 0 Å². The molecule has 0 aliphatic rings. The number of benzene rings is 11. The van der Waals surface area contributed by atoms with Crippen molar-refractivity contribution >= 4 is 143 Å². The number of hydrogen-bond donors (Lipinski definition) is 0. The summed E-state index contributed by atoms with van der Waals surface area (Å²) in [6, 6.07) is 73.1. The van der Waals surface area contributed by atoms with Crippen LogP contribution in [0.25, 0.3) is 109 Å². The second kappa shape index (κ2) is 14.6. The Morgan fingerprint density at radius 3 is 1.04 bits per heavy atom. The van der Waals surface area contributed by atoms with Gasteiger partial charge in [-0.1, -0.05) is 120 Å². The standard InChI is InChI=1S/C64H40N2O4/c1-37-19-23-39(24-20-37)65(41-27-31-57-51(33-41)45-13-7-9-17-55(45)67-57)53-35-59-61(47-15-5-3-11-43(47)53)49-29-30-50-62-48-16-6-4-12-44(48)54(36-60(62)70-64(50)63(49)69-59)66(40-25-21-38(2)22-26-40)42-28-32-58-52(34-42)46-14-8-10-18-56(46)68-58/h3-36H,1-2H3. The van der Waals surface area contributed by atoms with Crippen LogP contribution in [0, 0.1) is 13.8 Å². The number of furan rings is 4. The highest BCUT2D eigenvalue weighted by Crippen LogP contribution is 2.50. The maximum absolute atomic E-state index is 7.15. The second-order valence-electron chi connectivity index (χ2n) is 18.6. The molecule has 0 saturated heterocycles. The number of fused-ring (bicyclic) bond motifs is 17. The van der Waals surface area contributed by atoms with Gasteiger partial charge in [0.2, 0.25) is 0 Å². The third-order valence-electron chi connectivity index (χ3n) is 14.4. The molecule has 0 amide bonds. The Kier molecular flexibility index (Phi) is 8.10. The van der Waals surface area contributed by atoms with Gasteiger partial charge in [0.15, 0.2) is 11.2 Å². The van der Waals surface area contributed by atoms with Gasteiger partial charge in [0.1, 0.15) is 33.5 Å². The molecule has 70 heavy (non-hydrogen) atoms. The zero-order valence-corrected chi connectivity index (χ0v) is 38.2. The average Bonchev–Trinajstić information content (AvgIpc) is 4.18. The molecular formula is C64H40N2O4. The molecule has 4 aromatic heterocycles. The first-order valence-corrected chi connectivity index (χ1v) is 23.7. The van der Waals surface area contributed by atoms with Gasteiger partial charge in [0, 0.05) is 88.7 Å². The first-order chi connectivity index (χ1) is 34.5. The van der Waals surface area contributed by atoms with E-state index in [4.69, 9.17) is 17.7 Å². The van der Waals surface area contributed by atoms with Crippen molar-refractivity contribution in [2.24, 2.45) is 0 Å². The van der Waals surface area contributed by atoms with Gasteiger partial charge in [-0.25, -0.2) is 0 Å². The SMILES string of the molecule is Cc1ccc(N(c2ccc3oc4ccccc4c3c2)c2cc3oc4c(ccc5c4oc4cc(N(c6ccc(C)cc6)c6ccc7oc8ccccc8c7c6)c6ccccc6c45)c3c3ccccc23)cc1. The van der Waals surface area contributed by atoms with Crippen molar-refractivity contribution in [1.82, 2.24) is 0 Å². The van der Waals surface area contributed by atoms with Gasteiger partial charge < -0.3 is 27.5 Å². The fourth-order valence-electron chi connectivity index (χ4n) is 11.1.